The number of hydrogen-bond donors (Lipinski definition) is 1. The average Bonchev–Trinajstić information content (AvgIpc) is 2.28. The lowest BCUT2D eigenvalue weighted by atomic mass is 9.81. The van der Waals surface area contributed by atoms with Crippen LogP contribution in [0.5, 0.6) is 0 Å². The molecule has 0 aromatic heterocycles. The van der Waals surface area contributed by atoms with Crippen LogP contribution in [0.1, 0.15) is 26.2 Å². The number of ether oxygens (including phenoxy) is 1. The molecule has 0 aromatic rings. The second-order valence-corrected chi connectivity index (χ2v) is 4.10. The van der Waals surface area contributed by atoms with Crippen LogP contribution in [-0.2, 0) is 9.53 Å². The lowest BCUT2D eigenvalue weighted by molar-refractivity contribution is -0.148. The van der Waals surface area contributed by atoms with Crippen molar-refractivity contribution in [2.24, 2.45) is 10.9 Å². The molecular weight excluding hydrogens is 216 g/mol. The normalized spacial score (nSPS) is 23.6. The molecule has 0 heterocycles. The van der Waals surface area contributed by atoms with Gasteiger partial charge in [-0.1, -0.05) is 19.6 Å². The summed E-state index contributed by atoms with van der Waals surface area (Å²) in [5.41, 5.74) is 0.819. The molecule has 0 unspecified atom stereocenters. The van der Waals surface area contributed by atoms with Crippen LogP contribution in [0.2, 0.25) is 0 Å². The van der Waals surface area contributed by atoms with Gasteiger partial charge in [-0.3, -0.25) is 9.79 Å². The Balaban J connectivity index is 2.18. The second-order valence-electron chi connectivity index (χ2n) is 4.10. The first-order valence-corrected chi connectivity index (χ1v) is 5.88. The SMILES string of the molecule is C=C(/C=C\CC)NC=NC1CC(C(=O)OC)C1. The van der Waals surface area contributed by atoms with Gasteiger partial charge in [0.05, 0.1) is 25.4 Å². The van der Waals surface area contributed by atoms with E-state index in [1.165, 1.54) is 7.11 Å². The number of nitrogens with one attached hydrogen (secondary N) is 1. The number of rotatable bonds is 6. The highest BCUT2D eigenvalue weighted by molar-refractivity contribution is 5.73. The fourth-order valence-corrected chi connectivity index (χ4v) is 1.60. The van der Waals surface area contributed by atoms with Gasteiger partial charge in [0.2, 0.25) is 0 Å². The minimum atomic E-state index is -0.125. The van der Waals surface area contributed by atoms with E-state index in [0.29, 0.717) is 0 Å². The fourth-order valence-electron chi connectivity index (χ4n) is 1.60. The summed E-state index contributed by atoms with van der Waals surface area (Å²) in [4.78, 5) is 15.4. The molecule has 4 nitrogen and oxygen atoms in total. The lowest BCUT2D eigenvalue weighted by Gasteiger charge is -2.29. The van der Waals surface area contributed by atoms with Crippen molar-refractivity contribution in [3.05, 3.63) is 24.4 Å². The number of carbonyl (C=O) groups is 1. The first-order chi connectivity index (χ1) is 8.17. The molecule has 4 heteroatoms. The van der Waals surface area contributed by atoms with E-state index >= 15 is 0 Å². The van der Waals surface area contributed by atoms with E-state index in [-0.39, 0.29) is 17.9 Å². The molecule has 94 valence electrons. The first-order valence-electron chi connectivity index (χ1n) is 5.88. The molecular formula is C13H20N2O2. The Morgan fingerprint density at radius 2 is 2.29 bits per heavy atom. The van der Waals surface area contributed by atoms with Crippen LogP contribution < -0.4 is 5.32 Å². The van der Waals surface area contributed by atoms with Crippen LogP contribution in [0, 0.1) is 5.92 Å². The van der Waals surface area contributed by atoms with Gasteiger partial charge in [0.15, 0.2) is 0 Å². The van der Waals surface area contributed by atoms with E-state index in [9.17, 15) is 4.79 Å². The maximum atomic E-state index is 11.1. The number of hydrogen-bond acceptors (Lipinski definition) is 3. The van der Waals surface area contributed by atoms with Crippen molar-refractivity contribution in [1.29, 1.82) is 0 Å². The van der Waals surface area contributed by atoms with Crippen molar-refractivity contribution in [3.8, 4) is 0 Å². The smallest absolute Gasteiger partial charge is 0.308 e. The molecule has 1 N–H and O–H groups in total. The molecule has 0 saturated heterocycles. The van der Waals surface area contributed by atoms with Gasteiger partial charge in [0.25, 0.3) is 0 Å². The standard InChI is InChI=1S/C13H20N2O2/c1-4-5-6-10(2)14-9-15-12-7-11(8-12)13(16)17-3/h5-6,9,11-12H,2,4,7-8H2,1,3H3,(H,14,15)/b6-5-. The number of nitrogens with zero attached hydrogens (tertiary/aromatic N) is 1. The molecule has 0 aromatic carbocycles. The van der Waals surface area contributed by atoms with Crippen LogP contribution >= 0.6 is 0 Å². The van der Waals surface area contributed by atoms with Gasteiger partial charge < -0.3 is 10.1 Å². The van der Waals surface area contributed by atoms with Gasteiger partial charge in [0.1, 0.15) is 0 Å². The van der Waals surface area contributed by atoms with Crippen LogP contribution in [-0.4, -0.2) is 25.5 Å². The number of aliphatic imine (C=N–C) groups is 1. The Bertz CT molecular complexity index is 328. The number of methoxy groups -OCH3 is 1. The van der Waals surface area contributed by atoms with E-state index in [4.69, 9.17) is 0 Å². The lowest BCUT2D eigenvalue weighted by Crippen LogP contribution is -2.34. The molecule has 0 radical (unpaired) electrons. The van der Waals surface area contributed by atoms with Crippen molar-refractivity contribution < 1.29 is 9.53 Å². The summed E-state index contributed by atoms with van der Waals surface area (Å²) >= 11 is 0. The van der Waals surface area contributed by atoms with Gasteiger partial charge in [-0.25, -0.2) is 0 Å². The first kappa shape index (κ1) is 13.5. The van der Waals surface area contributed by atoms with E-state index < -0.39 is 0 Å². The zero-order valence-corrected chi connectivity index (χ0v) is 10.5. The molecule has 0 amide bonds. The number of carbonyl (C=O) groups excluding carboxylic acids is 1. The number of allylic oxidation sites excluding steroid dienone is 2. The summed E-state index contributed by atoms with van der Waals surface area (Å²) in [7, 11) is 1.42. The average molecular weight is 236 g/mol. The highest BCUT2D eigenvalue weighted by Crippen LogP contribution is 2.30. The Labute approximate surface area is 102 Å². The quantitative estimate of drug-likeness (QED) is 0.332. The second kappa shape index (κ2) is 6.89. The Morgan fingerprint density at radius 1 is 1.59 bits per heavy atom. The molecule has 0 bridgehead atoms. The molecule has 1 aliphatic rings. The topological polar surface area (TPSA) is 50.7 Å². The van der Waals surface area contributed by atoms with Gasteiger partial charge in [-0.05, 0) is 25.3 Å². The van der Waals surface area contributed by atoms with Gasteiger partial charge in [-0.2, -0.15) is 0 Å². The molecule has 0 atom stereocenters. The van der Waals surface area contributed by atoms with E-state index in [1.54, 1.807) is 6.34 Å². The van der Waals surface area contributed by atoms with Gasteiger partial charge in [0, 0.05) is 5.70 Å². The van der Waals surface area contributed by atoms with Crippen molar-refractivity contribution >= 4 is 12.3 Å². The maximum absolute atomic E-state index is 11.1. The van der Waals surface area contributed by atoms with E-state index in [1.807, 2.05) is 12.2 Å². The minimum Gasteiger partial charge on any atom is -0.469 e. The summed E-state index contributed by atoms with van der Waals surface area (Å²) in [6.07, 6.45) is 8.15. The molecule has 1 fully saturated rings. The van der Waals surface area contributed by atoms with Crippen LogP contribution in [0.4, 0.5) is 0 Å². The zero-order chi connectivity index (χ0) is 12.7. The highest BCUT2D eigenvalue weighted by Gasteiger charge is 2.34. The van der Waals surface area contributed by atoms with Crippen molar-refractivity contribution in [2.75, 3.05) is 7.11 Å². The molecule has 17 heavy (non-hydrogen) atoms. The molecule has 1 aliphatic carbocycles. The monoisotopic (exact) mass is 236 g/mol. The number of esters is 1. The summed E-state index contributed by atoms with van der Waals surface area (Å²) < 4.78 is 4.66. The zero-order valence-electron chi connectivity index (χ0n) is 10.5. The third-order valence-corrected chi connectivity index (χ3v) is 2.74. The summed E-state index contributed by atoms with van der Waals surface area (Å²) in [6, 6.07) is 0.231. The molecule has 0 spiro atoms. The predicted octanol–water partition coefficient (Wildman–Crippen LogP) is 2.04. The van der Waals surface area contributed by atoms with Crippen LogP contribution in [0.3, 0.4) is 0 Å². The Kier molecular flexibility index (Phi) is 5.46. The van der Waals surface area contributed by atoms with Crippen LogP contribution in [0.25, 0.3) is 0 Å². The predicted molar refractivity (Wildman–Crippen MR) is 68.7 cm³/mol. The maximum Gasteiger partial charge on any atom is 0.308 e. The minimum absolute atomic E-state index is 0.0327. The summed E-state index contributed by atoms with van der Waals surface area (Å²) in [5.74, 6) is -0.0926. The Morgan fingerprint density at radius 3 is 2.88 bits per heavy atom. The van der Waals surface area contributed by atoms with Crippen molar-refractivity contribution in [3.63, 3.8) is 0 Å². The van der Waals surface area contributed by atoms with Gasteiger partial charge >= 0.3 is 5.97 Å². The Hall–Kier alpha value is -1.58. The fraction of sp³-hybridized carbons (Fsp3) is 0.538. The summed E-state index contributed by atoms with van der Waals surface area (Å²) in [6.45, 7) is 5.89. The largest absolute Gasteiger partial charge is 0.469 e. The third kappa shape index (κ3) is 4.43. The van der Waals surface area contributed by atoms with Crippen molar-refractivity contribution in [1.82, 2.24) is 5.32 Å². The van der Waals surface area contributed by atoms with Gasteiger partial charge in [-0.15, -0.1) is 0 Å². The summed E-state index contributed by atoms with van der Waals surface area (Å²) in [5, 5.41) is 2.99. The molecule has 1 rings (SSSR count). The molecule has 1 saturated carbocycles. The highest BCUT2D eigenvalue weighted by atomic mass is 16.5. The third-order valence-electron chi connectivity index (χ3n) is 2.74. The molecule has 0 aliphatic heterocycles. The van der Waals surface area contributed by atoms with Crippen LogP contribution in [0.15, 0.2) is 29.4 Å². The van der Waals surface area contributed by atoms with Crippen molar-refractivity contribution in [2.45, 2.75) is 32.2 Å². The van der Waals surface area contributed by atoms with E-state index in [0.717, 1.165) is 25.0 Å². The van der Waals surface area contributed by atoms with E-state index in [2.05, 4.69) is 28.5 Å².